The Morgan fingerprint density at radius 3 is 2.75 bits per heavy atom. The second-order valence-corrected chi connectivity index (χ2v) is 4.00. The van der Waals surface area contributed by atoms with Crippen molar-refractivity contribution >= 4 is 17.9 Å². The lowest BCUT2D eigenvalue weighted by molar-refractivity contribution is 0.0550. The van der Waals surface area contributed by atoms with Crippen LogP contribution in [-0.2, 0) is 4.74 Å². The van der Waals surface area contributed by atoms with Crippen molar-refractivity contribution in [2.45, 2.75) is 20.0 Å². The van der Waals surface area contributed by atoms with Gasteiger partial charge in [-0.1, -0.05) is 11.6 Å². The number of halogens is 1. The number of carbonyl (C=O) groups excluding carboxylic acids is 1. The van der Waals surface area contributed by atoms with Crippen LogP contribution in [0.25, 0.3) is 0 Å². The molecule has 0 aliphatic heterocycles. The zero-order valence-electron chi connectivity index (χ0n) is 9.40. The molecule has 0 heterocycles. The van der Waals surface area contributed by atoms with Crippen molar-refractivity contribution in [3.8, 4) is 5.75 Å². The number of hydrogen-bond acceptors (Lipinski definition) is 3. The summed E-state index contributed by atoms with van der Waals surface area (Å²) in [5.74, 6) is 0.534. The molecule has 0 aliphatic rings. The monoisotopic (exact) mass is 242 g/mol. The fourth-order valence-corrected chi connectivity index (χ4v) is 1.36. The topological polar surface area (TPSA) is 35.5 Å². The Balaban J connectivity index is 2.50. The molecule has 1 aromatic rings. The van der Waals surface area contributed by atoms with E-state index in [-0.39, 0.29) is 6.10 Å². The molecule has 1 aromatic carbocycles. The third kappa shape index (κ3) is 4.21. The van der Waals surface area contributed by atoms with Crippen LogP contribution in [0, 0.1) is 0 Å². The lowest BCUT2D eigenvalue weighted by atomic mass is 10.2. The molecule has 0 amide bonds. The largest absolute Gasteiger partial charge is 0.490 e. The van der Waals surface area contributed by atoms with E-state index in [0.29, 0.717) is 29.5 Å². The van der Waals surface area contributed by atoms with Crippen LogP contribution in [-0.4, -0.2) is 25.6 Å². The van der Waals surface area contributed by atoms with Gasteiger partial charge in [0.2, 0.25) is 0 Å². The molecule has 3 nitrogen and oxygen atoms in total. The van der Waals surface area contributed by atoms with Crippen LogP contribution in [0.3, 0.4) is 0 Å². The molecule has 0 unspecified atom stereocenters. The smallest absolute Gasteiger partial charge is 0.153 e. The molecule has 1 rings (SSSR count). The number of rotatable bonds is 6. The molecular weight excluding hydrogens is 228 g/mol. The average Bonchev–Trinajstić information content (AvgIpc) is 2.25. The lowest BCUT2D eigenvalue weighted by Crippen LogP contribution is -2.11. The van der Waals surface area contributed by atoms with Crippen molar-refractivity contribution in [3.05, 3.63) is 28.8 Å². The highest BCUT2D eigenvalue weighted by Gasteiger charge is 2.03. The minimum absolute atomic E-state index is 0.180. The van der Waals surface area contributed by atoms with Gasteiger partial charge in [-0.3, -0.25) is 4.79 Å². The van der Waals surface area contributed by atoms with Gasteiger partial charge < -0.3 is 9.47 Å². The molecule has 0 N–H and O–H groups in total. The predicted octanol–water partition coefficient (Wildman–Crippen LogP) is 2.96. The van der Waals surface area contributed by atoms with Gasteiger partial charge in [-0.05, 0) is 32.0 Å². The Morgan fingerprint density at radius 1 is 1.38 bits per heavy atom. The minimum Gasteiger partial charge on any atom is -0.490 e. The summed E-state index contributed by atoms with van der Waals surface area (Å²) < 4.78 is 10.7. The Hall–Kier alpha value is -1.06. The molecule has 0 bridgehead atoms. The van der Waals surface area contributed by atoms with Crippen molar-refractivity contribution in [1.82, 2.24) is 0 Å². The number of hydrogen-bond donors (Lipinski definition) is 0. The lowest BCUT2D eigenvalue weighted by Gasteiger charge is -2.10. The molecule has 0 saturated carbocycles. The van der Waals surface area contributed by atoms with Crippen LogP contribution in [0.15, 0.2) is 18.2 Å². The van der Waals surface area contributed by atoms with E-state index >= 15 is 0 Å². The minimum atomic E-state index is 0.180. The van der Waals surface area contributed by atoms with E-state index < -0.39 is 0 Å². The first-order chi connectivity index (χ1) is 7.63. The molecule has 0 fully saturated rings. The summed E-state index contributed by atoms with van der Waals surface area (Å²) in [6.07, 6.45) is 0.907. The summed E-state index contributed by atoms with van der Waals surface area (Å²) in [4.78, 5) is 10.8. The van der Waals surface area contributed by atoms with Crippen LogP contribution >= 0.6 is 11.6 Å². The van der Waals surface area contributed by atoms with Crippen LogP contribution in [0.2, 0.25) is 5.02 Å². The summed E-state index contributed by atoms with van der Waals surface area (Å²) >= 11 is 5.76. The third-order valence-corrected chi connectivity index (χ3v) is 2.13. The normalized spacial score (nSPS) is 10.5. The van der Waals surface area contributed by atoms with Gasteiger partial charge in [-0.25, -0.2) is 0 Å². The number of aldehydes is 1. The van der Waals surface area contributed by atoms with E-state index in [2.05, 4.69) is 0 Å². The predicted molar refractivity (Wildman–Crippen MR) is 63.4 cm³/mol. The Kier molecular flexibility index (Phi) is 5.29. The summed E-state index contributed by atoms with van der Waals surface area (Å²) in [5, 5.41) is 0.521. The van der Waals surface area contributed by atoms with E-state index in [4.69, 9.17) is 21.1 Å². The van der Waals surface area contributed by atoms with Gasteiger partial charge in [-0.2, -0.15) is 0 Å². The Bertz CT molecular complexity index is 350. The van der Waals surface area contributed by atoms with Crippen molar-refractivity contribution in [1.29, 1.82) is 0 Å². The van der Waals surface area contributed by atoms with Gasteiger partial charge >= 0.3 is 0 Å². The van der Waals surface area contributed by atoms with Gasteiger partial charge in [0, 0.05) is 5.02 Å². The molecule has 0 spiro atoms. The third-order valence-electron chi connectivity index (χ3n) is 1.89. The van der Waals surface area contributed by atoms with Gasteiger partial charge in [-0.15, -0.1) is 0 Å². The SMILES string of the molecule is CC(C)OCCOc1ccc(Cl)cc1C=O. The van der Waals surface area contributed by atoms with Gasteiger partial charge in [0.05, 0.1) is 18.3 Å². The number of benzene rings is 1. The van der Waals surface area contributed by atoms with Crippen LogP contribution < -0.4 is 4.74 Å². The molecule has 0 atom stereocenters. The quantitative estimate of drug-likeness (QED) is 0.568. The zero-order valence-corrected chi connectivity index (χ0v) is 10.2. The van der Waals surface area contributed by atoms with Crippen molar-refractivity contribution < 1.29 is 14.3 Å². The molecule has 0 aromatic heterocycles. The van der Waals surface area contributed by atoms with Gasteiger partial charge in [0.1, 0.15) is 12.4 Å². The van der Waals surface area contributed by atoms with Gasteiger partial charge in [0.25, 0.3) is 0 Å². The van der Waals surface area contributed by atoms with E-state index in [1.54, 1.807) is 18.2 Å². The maximum Gasteiger partial charge on any atom is 0.153 e. The molecule has 0 radical (unpaired) electrons. The molecule has 16 heavy (non-hydrogen) atoms. The fraction of sp³-hybridized carbons (Fsp3) is 0.417. The summed E-state index contributed by atoms with van der Waals surface area (Å²) in [7, 11) is 0. The number of ether oxygens (including phenoxy) is 2. The molecule has 4 heteroatoms. The highest BCUT2D eigenvalue weighted by molar-refractivity contribution is 6.30. The molecule has 88 valence electrons. The Morgan fingerprint density at radius 2 is 2.12 bits per heavy atom. The summed E-state index contributed by atoms with van der Waals surface area (Å²) in [6.45, 7) is 4.83. The summed E-state index contributed by atoms with van der Waals surface area (Å²) in [6, 6.07) is 4.95. The van der Waals surface area contributed by atoms with E-state index in [1.165, 1.54) is 0 Å². The number of carbonyl (C=O) groups is 1. The van der Waals surface area contributed by atoms with E-state index in [0.717, 1.165) is 6.29 Å². The zero-order chi connectivity index (χ0) is 12.0. The second kappa shape index (κ2) is 6.51. The first-order valence-corrected chi connectivity index (χ1v) is 5.50. The molecule has 0 aliphatic carbocycles. The maximum absolute atomic E-state index is 10.8. The van der Waals surface area contributed by atoms with E-state index in [9.17, 15) is 4.79 Å². The fourth-order valence-electron chi connectivity index (χ4n) is 1.18. The Labute approximate surface area is 100 Å². The first kappa shape index (κ1) is 13.0. The first-order valence-electron chi connectivity index (χ1n) is 5.12. The van der Waals surface area contributed by atoms with Crippen molar-refractivity contribution in [3.63, 3.8) is 0 Å². The van der Waals surface area contributed by atoms with Crippen molar-refractivity contribution in [2.75, 3.05) is 13.2 Å². The summed E-state index contributed by atoms with van der Waals surface area (Å²) in [5.41, 5.74) is 0.456. The van der Waals surface area contributed by atoms with Crippen LogP contribution in [0.1, 0.15) is 24.2 Å². The van der Waals surface area contributed by atoms with Gasteiger partial charge in [0.15, 0.2) is 6.29 Å². The highest BCUT2D eigenvalue weighted by atomic mass is 35.5. The maximum atomic E-state index is 10.8. The highest BCUT2D eigenvalue weighted by Crippen LogP contribution is 2.21. The van der Waals surface area contributed by atoms with Crippen LogP contribution in [0.5, 0.6) is 5.75 Å². The molecule has 0 saturated heterocycles. The van der Waals surface area contributed by atoms with E-state index in [1.807, 2.05) is 13.8 Å². The van der Waals surface area contributed by atoms with Crippen LogP contribution in [0.4, 0.5) is 0 Å². The molecular formula is C12H15ClO3. The average molecular weight is 243 g/mol. The van der Waals surface area contributed by atoms with Crippen molar-refractivity contribution in [2.24, 2.45) is 0 Å². The standard InChI is InChI=1S/C12H15ClO3/c1-9(2)15-5-6-16-12-4-3-11(13)7-10(12)8-14/h3-4,7-9H,5-6H2,1-2H3. The second-order valence-electron chi connectivity index (χ2n) is 3.57.